The van der Waals surface area contributed by atoms with E-state index in [1.165, 1.54) is 6.07 Å². The summed E-state index contributed by atoms with van der Waals surface area (Å²) >= 11 is 0. The van der Waals surface area contributed by atoms with Gasteiger partial charge in [0, 0.05) is 25.7 Å². The molecule has 19 heavy (non-hydrogen) atoms. The van der Waals surface area contributed by atoms with Crippen molar-refractivity contribution in [2.75, 3.05) is 51.5 Å². The van der Waals surface area contributed by atoms with Gasteiger partial charge in [-0.15, -0.1) is 0 Å². The Morgan fingerprint density at radius 3 is 2.47 bits per heavy atom. The Labute approximate surface area is 114 Å². The van der Waals surface area contributed by atoms with Gasteiger partial charge in [-0.2, -0.15) is 0 Å². The van der Waals surface area contributed by atoms with E-state index in [0.717, 1.165) is 25.2 Å². The van der Waals surface area contributed by atoms with E-state index >= 15 is 0 Å². The van der Waals surface area contributed by atoms with Crippen LogP contribution in [0, 0.1) is 5.82 Å². The maximum atomic E-state index is 13.6. The van der Waals surface area contributed by atoms with Crippen LogP contribution in [0.2, 0.25) is 0 Å². The van der Waals surface area contributed by atoms with E-state index in [4.69, 9.17) is 10.5 Å². The van der Waals surface area contributed by atoms with Gasteiger partial charge in [0.05, 0.1) is 18.0 Å². The summed E-state index contributed by atoms with van der Waals surface area (Å²) in [5.41, 5.74) is 7.12. The summed E-state index contributed by atoms with van der Waals surface area (Å²) in [7, 11) is 6.04. The molecule has 0 fully saturated rings. The zero-order valence-electron chi connectivity index (χ0n) is 12.2. The summed E-state index contributed by atoms with van der Waals surface area (Å²) in [6, 6.07) is 2.99. The first-order valence-electron chi connectivity index (χ1n) is 6.53. The number of benzene rings is 1. The molecular weight excluding hydrogens is 245 g/mol. The monoisotopic (exact) mass is 269 g/mol. The molecule has 1 aromatic carbocycles. The Balaban J connectivity index is 2.77. The molecule has 0 aliphatic heterocycles. The summed E-state index contributed by atoms with van der Waals surface area (Å²) in [5.74, 6) is -0.157. The lowest BCUT2D eigenvalue weighted by atomic mass is 10.2. The maximum absolute atomic E-state index is 13.6. The summed E-state index contributed by atoms with van der Waals surface area (Å²) in [4.78, 5) is 4.16. The molecular formula is C14H24FN3O. The molecule has 0 aliphatic carbocycles. The molecule has 1 rings (SSSR count). The molecule has 0 heterocycles. The molecule has 5 heteroatoms. The third-order valence-electron chi connectivity index (χ3n) is 2.89. The van der Waals surface area contributed by atoms with Crippen molar-refractivity contribution in [3.05, 3.63) is 17.9 Å². The first-order valence-corrected chi connectivity index (χ1v) is 6.53. The number of nitrogens with zero attached hydrogens (tertiary/aromatic N) is 2. The second-order valence-corrected chi connectivity index (χ2v) is 4.85. The molecule has 0 unspecified atom stereocenters. The average Bonchev–Trinajstić information content (AvgIpc) is 2.32. The number of halogens is 1. The molecule has 0 aliphatic rings. The molecule has 1 aromatic rings. The molecule has 0 radical (unpaired) electrons. The van der Waals surface area contributed by atoms with Gasteiger partial charge < -0.3 is 20.3 Å². The van der Waals surface area contributed by atoms with Gasteiger partial charge in [-0.1, -0.05) is 0 Å². The fraction of sp³-hybridized carbons (Fsp3) is 0.571. The van der Waals surface area contributed by atoms with Crippen molar-refractivity contribution in [3.63, 3.8) is 0 Å². The highest BCUT2D eigenvalue weighted by molar-refractivity contribution is 5.69. The van der Waals surface area contributed by atoms with E-state index in [-0.39, 0.29) is 5.75 Å². The smallest absolute Gasteiger partial charge is 0.167 e. The second-order valence-electron chi connectivity index (χ2n) is 4.85. The minimum atomic E-state index is -0.412. The third-order valence-corrected chi connectivity index (χ3v) is 2.89. The Hall–Kier alpha value is -1.49. The first-order chi connectivity index (χ1) is 8.95. The molecule has 0 bridgehead atoms. The number of rotatable bonds is 7. The lowest BCUT2D eigenvalue weighted by Crippen LogP contribution is -2.24. The number of anilines is 2. The van der Waals surface area contributed by atoms with Gasteiger partial charge in [0.15, 0.2) is 11.6 Å². The van der Waals surface area contributed by atoms with Crippen LogP contribution in [0.5, 0.6) is 5.75 Å². The van der Waals surface area contributed by atoms with Crippen molar-refractivity contribution >= 4 is 11.4 Å². The minimum absolute atomic E-state index is 0.256. The molecule has 0 amide bonds. The van der Waals surface area contributed by atoms with Crippen molar-refractivity contribution in [1.82, 2.24) is 4.90 Å². The van der Waals surface area contributed by atoms with Crippen LogP contribution < -0.4 is 15.4 Å². The average molecular weight is 269 g/mol. The van der Waals surface area contributed by atoms with Gasteiger partial charge in [0.2, 0.25) is 0 Å². The zero-order valence-corrected chi connectivity index (χ0v) is 12.2. The van der Waals surface area contributed by atoms with Gasteiger partial charge >= 0.3 is 0 Å². The van der Waals surface area contributed by atoms with Crippen LogP contribution in [0.15, 0.2) is 12.1 Å². The van der Waals surface area contributed by atoms with Crippen molar-refractivity contribution < 1.29 is 9.13 Å². The number of nitrogens with two attached hydrogens (primary N) is 1. The highest BCUT2D eigenvalue weighted by atomic mass is 19.1. The fourth-order valence-electron chi connectivity index (χ4n) is 1.90. The van der Waals surface area contributed by atoms with E-state index < -0.39 is 5.82 Å². The molecule has 4 nitrogen and oxygen atoms in total. The minimum Gasteiger partial charge on any atom is -0.491 e. The van der Waals surface area contributed by atoms with E-state index in [0.29, 0.717) is 12.3 Å². The van der Waals surface area contributed by atoms with Crippen molar-refractivity contribution in [2.24, 2.45) is 0 Å². The molecule has 0 atom stereocenters. The highest BCUT2D eigenvalue weighted by Gasteiger charge is 2.12. The van der Waals surface area contributed by atoms with Crippen molar-refractivity contribution in [1.29, 1.82) is 0 Å². The summed E-state index contributed by atoms with van der Waals surface area (Å²) in [6.07, 6.45) is 1.02. The van der Waals surface area contributed by atoms with E-state index in [2.05, 4.69) is 4.90 Å². The van der Waals surface area contributed by atoms with Crippen LogP contribution in [0.25, 0.3) is 0 Å². The second kappa shape index (κ2) is 7.19. The predicted octanol–water partition coefficient (Wildman–Crippen LogP) is 2.19. The van der Waals surface area contributed by atoms with Gasteiger partial charge in [-0.3, -0.25) is 0 Å². The zero-order chi connectivity index (χ0) is 14.4. The lowest BCUT2D eigenvalue weighted by Gasteiger charge is -2.23. The number of ether oxygens (including phenoxy) is 1. The van der Waals surface area contributed by atoms with Crippen molar-refractivity contribution in [2.45, 2.75) is 13.3 Å². The molecule has 0 saturated carbocycles. The number of nitrogen functional groups attached to an aromatic ring is 1. The Morgan fingerprint density at radius 1 is 1.21 bits per heavy atom. The Kier molecular flexibility index (Phi) is 5.89. The SMILES string of the molecule is CCOc1cc(N(C)CCCN(C)C)c(N)cc1F. The van der Waals surface area contributed by atoms with E-state index in [9.17, 15) is 4.39 Å². The van der Waals surface area contributed by atoms with Gasteiger partial charge in [-0.05, 0) is 34.0 Å². The maximum Gasteiger partial charge on any atom is 0.167 e. The summed E-state index contributed by atoms with van der Waals surface area (Å²) < 4.78 is 18.9. The molecule has 0 saturated heterocycles. The van der Waals surface area contributed by atoms with Gasteiger partial charge in [0.1, 0.15) is 0 Å². The number of hydrogen-bond donors (Lipinski definition) is 1. The molecule has 0 aromatic heterocycles. The van der Waals surface area contributed by atoms with Crippen molar-refractivity contribution in [3.8, 4) is 5.75 Å². The predicted molar refractivity (Wildman–Crippen MR) is 78.4 cm³/mol. The summed E-state index contributed by atoms with van der Waals surface area (Å²) in [6.45, 7) is 4.13. The Morgan fingerprint density at radius 2 is 1.89 bits per heavy atom. The van der Waals surface area contributed by atoms with Crippen LogP contribution >= 0.6 is 0 Å². The van der Waals surface area contributed by atoms with Crippen LogP contribution in [-0.4, -0.2) is 45.7 Å². The topological polar surface area (TPSA) is 41.7 Å². The third kappa shape index (κ3) is 4.59. The van der Waals surface area contributed by atoms with Crippen LogP contribution in [0.3, 0.4) is 0 Å². The standard InChI is InChI=1S/C14H24FN3O/c1-5-19-14-10-13(12(16)9-11(14)15)18(4)8-6-7-17(2)3/h9-10H,5-8,16H2,1-4H3. The normalized spacial score (nSPS) is 10.8. The first kappa shape index (κ1) is 15.6. The van der Waals surface area contributed by atoms with Crippen LogP contribution in [0.1, 0.15) is 13.3 Å². The lowest BCUT2D eigenvalue weighted by molar-refractivity contribution is 0.321. The number of hydrogen-bond acceptors (Lipinski definition) is 4. The van der Waals surface area contributed by atoms with Crippen LogP contribution in [0.4, 0.5) is 15.8 Å². The quantitative estimate of drug-likeness (QED) is 0.771. The van der Waals surface area contributed by atoms with Gasteiger partial charge in [0.25, 0.3) is 0 Å². The molecule has 2 N–H and O–H groups in total. The Bertz CT molecular complexity index is 410. The van der Waals surface area contributed by atoms with E-state index in [1.54, 1.807) is 6.07 Å². The fourth-order valence-corrected chi connectivity index (χ4v) is 1.90. The highest BCUT2D eigenvalue weighted by Crippen LogP contribution is 2.30. The van der Waals surface area contributed by atoms with Gasteiger partial charge in [-0.25, -0.2) is 4.39 Å². The van der Waals surface area contributed by atoms with E-state index in [1.807, 2.05) is 33.0 Å². The molecule has 0 spiro atoms. The largest absolute Gasteiger partial charge is 0.491 e. The summed E-state index contributed by atoms with van der Waals surface area (Å²) in [5, 5.41) is 0. The van der Waals surface area contributed by atoms with Crippen LogP contribution in [-0.2, 0) is 0 Å². The molecule has 108 valence electrons.